The zero-order valence-electron chi connectivity index (χ0n) is 19.0. The van der Waals surface area contributed by atoms with Gasteiger partial charge in [0, 0.05) is 0 Å². The van der Waals surface area contributed by atoms with Crippen LogP contribution in [-0.4, -0.2) is 63.0 Å². The summed E-state index contributed by atoms with van der Waals surface area (Å²) in [6.07, 6.45) is -3.62. The van der Waals surface area contributed by atoms with Gasteiger partial charge in [0.05, 0.1) is 19.8 Å². The van der Waals surface area contributed by atoms with Crippen LogP contribution < -0.4 is 15.2 Å². The topological polar surface area (TPSA) is 159 Å². The van der Waals surface area contributed by atoms with E-state index in [0.29, 0.717) is 5.56 Å². The summed E-state index contributed by atoms with van der Waals surface area (Å²) in [7, 11) is 0. The maximum Gasteiger partial charge on any atom is 0.513 e. The Balaban J connectivity index is 2.81. The highest BCUT2D eigenvalue weighted by Gasteiger charge is 2.22. The molecule has 12 heteroatoms. The lowest BCUT2D eigenvalue weighted by Gasteiger charge is -2.17. The van der Waals surface area contributed by atoms with Crippen molar-refractivity contribution < 1.29 is 52.3 Å². The van der Waals surface area contributed by atoms with Gasteiger partial charge in [0.2, 0.25) is 0 Å². The molecule has 1 aromatic carbocycles. The molecule has 2 atom stereocenters. The van der Waals surface area contributed by atoms with Crippen LogP contribution in [-0.2, 0) is 34.9 Å². The average Bonchev–Trinajstić information content (AvgIpc) is 2.74. The Morgan fingerprint density at radius 3 is 1.94 bits per heavy atom. The van der Waals surface area contributed by atoms with Crippen LogP contribution in [0.5, 0.6) is 11.5 Å². The highest BCUT2D eigenvalue weighted by Crippen LogP contribution is 2.30. The molecule has 0 fully saturated rings. The van der Waals surface area contributed by atoms with Crippen molar-refractivity contribution in [3.05, 3.63) is 23.8 Å². The predicted molar refractivity (Wildman–Crippen MR) is 112 cm³/mol. The molecule has 0 bridgehead atoms. The van der Waals surface area contributed by atoms with Crippen molar-refractivity contribution >= 4 is 24.4 Å². The number of hydrogen-bond acceptors (Lipinski definition) is 12. The van der Waals surface area contributed by atoms with Gasteiger partial charge in [-0.2, -0.15) is 0 Å². The van der Waals surface area contributed by atoms with Crippen LogP contribution >= 0.6 is 0 Å². The van der Waals surface area contributed by atoms with Crippen LogP contribution in [0.4, 0.5) is 14.4 Å². The Bertz CT molecular complexity index is 811. The van der Waals surface area contributed by atoms with Crippen LogP contribution in [0.2, 0.25) is 0 Å². The molecular formula is C21H29NO11. The molecule has 0 unspecified atom stereocenters. The van der Waals surface area contributed by atoms with Crippen molar-refractivity contribution in [3.8, 4) is 11.5 Å². The molecule has 0 spiro atoms. The van der Waals surface area contributed by atoms with E-state index >= 15 is 0 Å². The molecule has 0 aliphatic rings. The quantitative estimate of drug-likeness (QED) is 0.286. The molecule has 33 heavy (non-hydrogen) atoms. The predicted octanol–water partition coefficient (Wildman–Crippen LogP) is 2.73. The highest BCUT2D eigenvalue weighted by atomic mass is 16.7. The molecule has 1 rings (SSSR count). The van der Waals surface area contributed by atoms with E-state index in [9.17, 15) is 19.2 Å². The smallest absolute Gasteiger partial charge is 0.458 e. The minimum absolute atomic E-state index is 0.00313. The lowest BCUT2D eigenvalue weighted by Crippen LogP contribution is -2.37. The molecule has 184 valence electrons. The Morgan fingerprint density at radius 1 is 0.818 bits per heavy atom. The van der Waals surface area contributed by atoms with Gasteiger partial charge in [-0.15, -0.1) is 0 Å². The van der Waals surface area contributed by atoms with Gasteiger partial charge in [0.1, 0.15) is 18.8 Å². The van der Waals surface area contributed by atoms with Gasteiger partial charge >= 0.3 is 24.4 Å². The maximum absolute atomic E-state index is 12.3. The van der Waals surface area contributed by atoms with Gasteiger partial charge in [0.25, 0.3) is 0 Å². The maximum atomic E-state index is 12.3. The van der Waals surface area contributed by atoms with Crippen LogP contribution in [0.3, 0.4) is 0 Å². The summed E-state index contributed by atoms with van der Waals surface area (Å²) in [5.41, 5.74) is 6.39. The zero-order chi connectivity index (χ0) is 24.8. The monoisotopic (exact) mass is 471 g/mol. The summed E-state index contributed by atoms with van der Waals surface area (Å²) in [6.45, 7) is 6.46. The van der Waals surface area contributed by atoms with E-state index in [1.54, 1.807) is 20.8 Å². The van der Waals surface area contributed by atoms with E-state index in [-0.39, 0.29) is 44.3 Å². The summed E-state index contributed by atoms with van der Waals surface area (Å²) in [6, 6.07) is 3.16. The Hall–Kier alpha value is -3.54. The summed E-state index contributed by atoms with van der Waals surface area (Å²) < 4.78 is 34.1. The molecule has 2 N–H and O–H groups in total. The third kappa shape index (κ3) is 10.5. The zero-order valence-corrected chi connectivity index (χ0v) is 19.0. The van der Waals surface area contributed by atoms with Crippen molar-refractivity contribution in [1.29, 1.82) is 0 Å². The first kappa shape index (κ1) is 27.5. The van der Waals surface area contributed by atoms with Crippen LogP contribution in [0.1, 0.15) is 33.3 Å². The standard InChI is InChI=1S/C21H29NO11/c1-5-27-19(24)30-12-13(4)31-18(23)15(22)10-14-8-9-16(32-20(25)28-6-2)17(11-14)33-21(26)29-7-3/h8-9,11,13,15H,5-7,10,12,22H2,1-4H3/t13-,15-/m0/s1. The van der Waals surface area contributed by atoms with Crippen molar-refractivity contribution in [2.75, 3.05) is 26.4 Å². The Labute approximate surface area is 191 Å². The lowest BCUT2D eigenvalue weighted by molar-refractivity contribution is -0.152. The van der Waals surface area contributed by atoms with Crippen molar-refractivity contribution in [1.82, 2.24) is 0 Å². The normalized spacial score (nSPS) is 12.0. The van der Waals surface area contributed by atoms with Gasteiger partial charge < -0.3 is 38.9 Å². The molecule has 0 radical (unpaired) electrons. The molecule has 0 saturated carbocycles. The Kier molecular flexibility index (Phi) is 12.1. The van der Waals surface area contributed by atoms with E-state index in [0.717, 1.165) is 0 Å². The molecule has 0 aliphatic carbocycles. The number of ether oxygens (including phenoxy) is 7. The highest BCUT2D eigenvalue weighted by molar-refractivity contribution is 5.76. The number of esters is 1. The van der Waals surface area contributed by atoms with Gasteiger partial charge in [-0.25, -0.2) is 14.4 Å². The fraction of sp³-hybridized carbons (Fsp3) is 0.524. The molecular weight excluding hydrogens is 442 g/mol. The minimum Gasteiger partial charge on any atom is -0.458 e. The molecule has 0 aromatic heterocycles. The van der Waals surface area contributed by atoms with Crippen molar-refractivity contribution in [3.63, 3.8) is 0 Å². The van der Waals surface area contributed by atoms with E-state index in [1.165, 1.54) is 25.1 Å². The second kappa shape index (κ2) is 14.5. The third-order valence-electron chi connectivity index (χ3n) is 3.69. The summed E-state index contributed by atoms with van der Waals surface area (Å²) >= 11 is 0. The molecule has 0 saturated heterocycles. The fourth-order valence-corrected chi connectivity index (χ4v) is 2.32. The first-order chi connectivity index (χ1) is 15.7. The fourth-order valence-electron chi connectivity index (χ4n) is 2.32. The number of rotatable bonds is 11. The summed E-state index contributed by atoms with van der Waals surface area (Å²) in [5.74, 6) is -0.961. The number of benzene rings is 1. The number of carbonyl (C=O) groups excluding carboxylic acids is 4. The van der Waals surface area contributed by atoms with E-state index in [4.69, 9.17) is 34.2 Å². The van der Waals surface area contributed by atoms with Gasteiger partial charge in [-0.3, -0.25) is 4.79 Å². The third-order valence-corrected chi connectivity index (χ3v) is 3.69. The lowest BCUT2D eigenvalue weighted by atomic mass is 10.1. The molecule has 1 aromatic rings. The van der Waals surface area contributed by atoms with E-state index < -0.39 is 36.6 Å². The van der Waals surface area contributed by atoms with Gasteiger partial charge in [-0.1, -0.05) is 6.07 Å². The van der Waals surface area contributed by atoms with Gasteiger partial charge in [0.15, 0.2) is 11.5 Å². The molecule has 0 heterocycles. The first-order valence-electron chi connectivity index (χ1n) is 10.3. The summed E-state index contributed by atoms with van der Waals surface area (Å²) in [5, 5.41) is 0. The summed E-state index contributed by atoms with van der Waals surface area (Å²) in [4.78, 5) is 46.8. The average molecular weight is 471 g/mol. The van der Waals surface area contributed by atoms with Crippen molar-refractivity contribution in [2.24, 2.45) is 5.73 Å². The van der Waals surface area contributed by atoms with Crippen LogP contribution in [0, 0.1) is 0 Å². The SMILES string of the molecule is CCOC(=O)OC[C@H](C)OC(=O)[C@@H](N)Cc1ccc(OC(=O)OCC)c(OC(=O)OCC)c1. The van der Waals surface area contributed by atoms with Crippen LogP contribution in [0.25, 0.3) is 0 Å². The van der Waals surface area contributed by atoms with Gasteiger partial charge in [-0.05, 0) is 51.8 Å². The minimum atomic E-state index is -1.08. The molecule has 0 aliphatic heterocycles. The number of carbonyl (C=O) groups is 4. The van der Waals surface area contributed by atoms with Crippen molar-refractivity contribution in [2.45, 2.75) is 46.3 Å². The first-order valence-corrected chi connectivity index (χ1v) is 10.3. The van der Waals surface area contributed by atoms with Crippen LogP contribution in [0.15, 0.2) is 18.2 Å². The van der Waals surface area contributed by atoms with E-state index in [1.807, 2.05) is 0 Å². The molecule has 0 amide bonds. The largest absolute Gasteiger partial charge is 0.513 e. The Morgan fingerprint density at radius 2 is 1.36 bits per heavy atom. The second-order valence-corrected chi connectivity index (χ2v) is 6.40. The number of hydrogen-bond donors (Lipinski definition) is 1. The second-order valence-electron chi connectivity index (χ2n) is 6.40. The van der Waals surface area contributed by atoms with E-state index in [2.05, 4.69) is 4.74 Å². The molecule has 12 nitrogen and oxygen atoms in total. The number of nitrogens with two attached hydrogens (primary N) is 1.